The number of nitrogens with zero attached hydrogens (tertiary/aromatic N) is 2. The summed E-state index contributed by atoms with van der Waals surface area (Å²) in [5, 5.41) is 3.24. The van der Waals surface area contributed by atoms with Crippen LogP contribution in [0.2, 0.25) is 0 Å². The van der Waals surface area contributed by atoms with Crippen LogP contribution in [0, 0.1) is 6.92 Å². The maximum Gasteiger partial charge on any atom is 0.350 e. The molecule has 162 valence electrons. The normalized spacial score (nSPS) is 14.9. The summed E-state index contributed by atoms with van der Waals surface area (Å²) in [4.78, 5) is 28.3. The fourth-order valence-electron chi connectivity index (χ4n) is 2.74. The van der Waals surface area contributed by atoms with Crippen molar-refractivity contribution in [2.45, 2.75) is 11.8 Å². The number of methoxy groups -OCH3 is 1. The van der Waals surface area contributed by atoms with Crippen molar-refractivity contribution in [3.05, 3.63) is 34.3 Å². The van der Waals surface area contributed by atoms with Gasteiger partial charge in [0.25, 0.3) is 5.91 Å². The van der Waals surface area contributed by atoms with E-state index >= 15 is 0 Å². The van der Waals surface area contributed by atoms with Gasteiger partial charge in [-0.15, -0.1) is 11.3 Å². The second-order valence-electron chi connectivity index (χ2n) is 6.25. The molecular weight excluding hydrogens is 434 g/mol. The number of carbonyl (C=O) groups excluding carboxylic acids is 2. The number of sulfonamides is 1. The molecule has 1 fully saturated rings. The SMILES string of the molecule is COc1ccc(NC(=O)COC(=O)c2cnc(C)s2)cc1S(=O)(=O)N1CCOCC1. The zero-order valence-electron chi connectivity index (χ0n) is 16.4. The zero-order valence-corrected chi connectivity index (χ0v) is 18.0. The van der Waals surface area contributed by atoms with Gasteiger partial charge in [0.15, 0.2) is 6.61 Å². The van der Waals surface area contributed by atoms with Gasteiger partial charge in [0.1, 0.15) is 15.5 Å². The fourth-order valence-corrected chi connectivity index (χ4v) is 5.00. The lowest BCUT2D eigenvalue weighted by molar-refractivity contribution is -0.119. The molecule has 1 saturated heterocycles. The molecule has 2 aromatic rings. The molecule has 0 bridgehead atoms. The highest BCUT2D eigenvalue weighted by atomic mass is 32.2. The topological polar surface area (TPSA) is 124 Å². The number of aromatic nitrogens is 1. The number of carbonyl (C=O) groups is 2. The minimum atomic E-state index is -3.84. The number of hydrogen-bond donors (Lipinski definition) is 1. The van der Waals surface area contributed by atoms with Gasteiger partial charge in [0.05, 0.1) is 31.5 Å². The fraction of sp³-hybridized carbons (Fsp3) is 0.389. The lowest BCUT2D eigenvalue weighted by Crippen LogP contribution is -2.40. The lowest BCUT2D eigenvalue weighted by Gasteiger charge is -2.26. The second-order valence-corrected chi connectivity index (χ2v) is 9.39. The maximum atomic E-state index is 13.0. The van der Waals surface area contributed by atoms with Crippen molar-refractivity contribution >= 4 is 38.9 Å². The van der Waals surface area contributed by atoms with Gasteiger partial charge < -0.3 is 19.5 Å². The van der Waals surface area contributed by atoms with E-state index in [4.69, 9.17) is 14.2 Å². The van der Waals surface area contributed by atoms with Crippen LogP contribution in [0.15, 0.2) is 29.3 Å². The molecule has 30 heavy (non-hydrogen) atoms. The monoisotopic (exact) mass is 455 g/mol. The van der Waals surface area contributed by atoms with Crippen LogP contribution in [0.4, 0.5) is 5.69 Å². The lowest BCUT2D eigenvalue weighted by atomic mass is 10.3. The Morgan fingerprint density at radius 3 is 2.67 bits per heavy atom. The highest BCUT2D eigenvalue weighted by Crippen LogP contribution is 2.30. The van der Waals surface area contributed by atoms with Gasteiger partial charge in [-0.2, -0.15) is 4.31 Å². The van der Waals surface area contributed by atoms with Crippen LogP contribution in [-0.2, 0) is 24.3 Å². The van der Waals surface area contributed by atoms with Crippen LogP contribution in [0.25, 0.3) is 0 Å². The van der Waals surface area contributed by atoms with Crippen LogP contribution < -0.4 is 10.1 Å². The van der Waals surface area contributed by atoms with Crippen LogP contribution in [0.5, 0.6) is 5.75 Å². The Hall–Kier alpha value is -2.54. The number of benzene rings is 1. The Kier molecular flexibility index (Phi) is 7.02. The molecule has 0 aliphatic carbocycles. The van der Waals surface area contributed by atoms with Gasteiger partial charge >= 0.3 is 5.97 Å². The molecule has 3 rings (SSSR count). The standard InChI is InChI=1S/C18H21N3O7S2/c1-12-19-10-15(29-12)18(23)28-11-17(22)20-13-3-4-14(26-2)16(9-13)30(24,25)21-5-7-27-8-6-21/h3-4,9-10H,5-8,11H2,1-2H3,(H,20,22). The van der Waals surface area contributed by atoms with E-state index in [2.05, 4.69) is 10.3 Å². The average Bonchev–Trinajstić information content (AvgIpc) is 3.19. The minimum absolute atomic E-state index is 0.0678. The van der Waals surface area contributed by atoms with Crippen molar-refractivity contribution in [1.82, 2.24) is 9.29 Å². The number of morpholine rings is 1. The Balaban J connectivity index is 1.69. The first-order valence-electron chi connectivity index (χ1n) is 8.96. The van der Waals surface area contributed by atoms with Gasteiger partial charge in [-0.05, 0) is 25.1 Å². The summed E-state index contributed by atoms with van der Waals surface area (Å²) in [5.74, 6) is -1.10. The molecule has 12 heteroatoms. The van der Waals surface area contributed by atoms with E-state index in [0.29, 0.717) is 23.1 Å². The van der Waals surface area contributed by atoms with E-state index in [1.165, 1.54) is 35.8 Å². The second kappa shape index (κ2) is 9.51. The maximum absolute atomic E-state index is 13.0. The van der Waals surface area contributed by atoms with Crippen molar-refractivity contribution < 1.29 is 32.2 Å². The molecule has 1 aromatic carbocycles. The number of anilines is 1. The first-order valence-corrected chi connectivity index (χ1v) is 11.2. The molecule has 1 aliphatic rings. The van der Waals surface area contributed by atoms with Crippen molar-refractivity contribution in [1.29, 1.82) is 0 Å². The number of nitrogens with one attached hydrogen (secondary N) is 1. The molecule has 10 nitrogen and oxygen atoms in total. The number of esters is 1. The molecule has 0 atom stereocenters. The highest BCUT2D eigenvalue weighted by Gasteiger charge is 2.29. The highest BCUT2D eigenvalue weighted by molar-refractivity contribution is 7.89. The van der Waals surface area contributed by atoms with Crippen LogP contribution in [-0.4, -0.2) is 69.6 Å². The molecule has 0 unspecified atom stereocenters. The first kappa shape index (κ1) is 22.2. The van der Waals surface area contributed by atoms with Crippen molar-refractivity contribution in [2.24, 2.45) is 0 Å². The largest absolute Gasteiger partial charge is 0.495 e. The smallest absolute Gasteiger partial charge is 0.350 e. The molecular formula is C18H21N3O7S2. The molecule has 1 aromatic heterocycles. The van der Waals surface area contributed by atoms with E-state index in [0.717, 1.165) is 11.3 Å². The molecule has 1 N–H and O–H groups in total. The quantitative estimate of drug-likeness (QED) is 0.619. The number of aryl methyl sites for hydroxylation is 1. The molecule has 2 heterocycles. The summed E-state index contributed by atoms with van der Waals surface area (Å²) >= 11 is 1.16. The molecule has 0 spiro atoms. The first-order chi connectivity index (χ1) is 14.3. The van der Waals surface area contributed by atoms with E-state index < -0.39 is 28.5 Å². The summed E-state index contributed by atoms with van der Waals surface area (Å²) < 4.78 is 42.6. The van der Waals surface area contributed by atoms with Crippen molar-refractivity contribution in [3.8, 4) is 5.75 Å². The van der Waals surface area contributed by atoms with Crippen LogP contribution in [0.3, 0.4) is 0 Å². The molecule has 0 saturated carbocycles. The Bertz CT molecular complexity index is 1030. The number of thiazole rings is 1. The van der Waals surface area contributed by atoms with E-state index in [9.17, 15) is 18.0 Å². The number of amides is 1. The summed E-state index contributed by atoms with van der Waals surface area (Å²) in [6.07, 6.45) is 1.38. The third kappa shape index (κ3) is 5.14. The van der Waals surface area contributed by atoms with Gasteiger partial charge in [0, 0.05) is 18.8 Å². The Morgan fingerprint density at radius 1 is 1.30 bits per heavy atom. The Morgan fingerprint density at radius 2 is 2.03 bits per heavy atom. The third-order valence-corrected chi connectivity index (χ3v) is 7.00. The number of rotatable bonds is 7. The summed E-state index contributed by atoms with van der Waals surface area (Å²) in [6, 6.07) is 4.27. The van der Waals surface area contributed by atoms with Gasteiger partial charge in [-0.1, -0.05) is 0 Å². The van der Waals surface area contributed by atoms with Gasteiger partial charge in [0.2, 0.25) is 10.0 Å². The third-order valence-electron chi connectivity index (χ3n) is 4.19. The predicted molar refractivity (Wildman–Crippen MR) is 108 cm³/mol. The van der Waals surface area contributed by atoms with Gasteiger partial charge in [-0.25, -0.2) is 18.2 Å². The van der Waals surface area contributed by atoms with Crippen molar-refractivity contribution in [3.63, 3.8) is 0 Å². The van der Waals surface area contributed by atoms with E-state index in [-0.39, 0.29) is 29.4 Å². The van der Waals surface area contributed by atoms with Gasteiger partial charge in [-0.3, -0.25) is 4.79 Å². The minimum Gasteiger partial charge on any atom is -0.495 e. The Labute approximate surface area is 177 Å². The van der Waals surface area contributed by atoms with E-state index in [1.54, 1.807) is 6.92 Å². The van der Waals surface area contributed by atoms with Crippen LogP contribution >= 0.6 is 11.3 Å². The van der Waals surface area contributed by atoms with Crippen molar-refractivity contribution in [2.75, 3.05) is 45.3 Å². The summed E-state index contributed by atoms with van der Waals surface area (Å²) in [5.41, 5.74) is 0.234. The number of ether oxygens (including phenoxy) is 3. The zero-order chi connectivity index (χ0) is 21.7. The van der Waals surface area contributed by atoms with E-state index in [1.807, 2.05) is 0 Å². The number of hydrogen-bond acceptors (Lipinski definition) is 9. The molecule has 0 radical (unpaired) electrons. The summed E-state index contributed by atoms with van der Waals surface area (Å²) in [7, 11) is -2.47. The average molecular weight is 456 g/mol. The molecule has 1 amide bonds. The summed E-state index contributed by atoms with van der Waals surface area (Å²) in [6.45, 7) is 2.31. The molecule has 1 aliphatic heterocycles. The predicted octanol–water partition coefficient (Wildman–Crippen LogP) is 1.28. The van der Waals surface area contributed by atoms with Crippen LogP contribution in [0.1, 0.15) is 14.7 Å².